The Balaban J connectivity index is 2.05. The molecule has 0 atom stereocenters. The molecule has 138 valence electrons. The molecule has 2 N–H and O–H groups in total. The summed E-state index contributed by atoms with van der Waals surface area (Å²) >= 11 is 0. The van der Waals surface area contributed by atoms with Gasteiger partial charge in [-0.15, -0.1) is 0 Å². The van der Waals surface area contributed by atoms with E-state index in [-0.39, 0.29) is 18.5 Å². The molecule has 0 saturated heterocycles. The molecule has 0 radical (unpaired) electrons. The second-order valence-corrected chi connectivity index (χ2v) is 5.50. The number of hydrogen-bond donors (Lipinski definition) is 1. The number of primary amides is 1. The van der Waals surface area contributed by atoms with Crippen LogP contribution in [0.5, 0.6) is 0 Å². The molecule has 2 amide bonds. The molecule has 2 aromatic rings. The van der Waals surface area contributed by atoms with Gasteiger partial charge in [0, 0.05) is 18.7 Å². The van der Waals surface area contributed by atoms with Crippen LogP contribution in [0, 0.1) is 17.1 Å². The molecule has 27 heavy (non-hydrogen) atoms. The number of nitriles is 1. The number of benzene rings is 2. The minimum Gasteiger partial charge on any atom is -0.452 e. The van der Waals surface area contributed by atoms with E-state index in [2.05, 4.69) is 0 Å². The summed E-state index contributed by atoms with van der Waals surface area (Å²) in [4.78, 5) is 36.7. The van der Waals surface area contributed by atoms with E-state index in [1.54, 1.807) is 0 Å². The average Bonchev–Trinajstić information content (AvgIpc) is 2.67. The maximum Gasteiger partial charge on any atom is 0.338 e. The number of carbonyl (C=O) groups excluding carboxylic acids is 3. The van der Waals surface area contributed by atoms with Gasteiger partial charge in [-0.1, -0.05) is 0 Å². The van der Waals surface area contributed by atoms with Crippen LogP contribution in [0.1, 0.15) is 22.3 Å². The van der Waals surface area contributed by atoms with E-state index in [1.165, 1.54) is 53.4 Å². The van der Waals surface area contributed by atoms with Crippen molar-refractivity contribution in [1.82, 2.24) is 0 Å². The second kappa shape index (κ2) is 9.10. The first-order valence-corrected chi connectivity index (χ1v) is 7.92. The zero-order valence-corrected chi connectivity index (χ0v) is 14.2. The molecule has 0 aliphatic rings. The Hall–Kier alpha value is -3.73. The van der Waals surface area contributed by atoms with Crippen LogP contribution in [0.2, 0.25) is 0 Å². The van der Waals surface area contributed by atoms with E-state index >= 15 is 0 Å². The first-order chi connectivity index (χ1) is 12.9. The van der Waals surface area contributed by atoms with Gasteiger partial charge in [-0.2, -0.15) is 5.26 Å². The van der Waals surface area contributed by atoms with Gasteiger partial charge in [0.15, 0.2) is 6.61 Å². The van der Waals surface area contributed by atoms with Crippen LogP contribution in [0.25, 0.3) is 0 Å². The fourth-order valence-corrected chi connectivity index (χ4v) is 2.21. The second-order valence-electron chi connectivity index (χ2n) is 5.50. The van der Waals surface area contributed by atoms with Crippen LogP contribution < -0.4 is 10.6 Å². The zero-order chi connectivity index (χ0) is 19.8. The van der Waals surface area contributed by atoms with Crippen LogP contribution in [-0.2, 0) is 14.3 Å². The van der Waals surface area contributed by atoms with Gasteiger partial charge in [0.1, 0.15) is 5.82 Å². The molecule has 2 rings (SSSR count). The maximum absolute atomic E-state index is 13.1. The predicted octanol–water partition coefficient (Wildman–Crippen LogP) is 1.76. The maximum atomic E-state index is 13.1. The van der Waals surface area contributed by atoms with E-state index in [9.17, 15) is 18.8 Å². The normalized spacial score (nSPS) is 9.93. The Labute approximate surface area is 154 Å². The lowest BCUT2D eigenvalue weighted by atomic mass is 10.1. The average molecular weight is 369 g/mol. The lowest BCUT2D eigenvalue weighted by Gasteiger charge is -2.22. The van der Waals surface area contributed by atoms with E-state index in [0.29, 0.717) is 11.3 Å². The number of anilines is 1. The zero-order valence-electron chi connectivity index (χ0n) is 14.2. The van der Waals surface area contributed by atoms with Crippen LogP contribution in [-0.4, -0.2) is 30.9 Å². The molecular formula is C19H16FN3O4. The number of nitrogens with two attached hydrogens (primary N) is 1. The number of amides is 2. The van der Waals surface area contributed by atoms with Gasteiger partial charge < -0.3 is 15.4 Å². The minimum atomic E-state index is -0.734. The lowest BCUT2D eigenvalue weighted by Crippen LogP contribution is -2.37. The van der Waals surface area contributed by atoms with Gasteiger partial charge in [0.05, 0.1) is 17.2 Å². The van der Waals surface area contributed by atoms with Crippen LogP contribution in [0.3, 0.4) is 0 Å². The molecule has 8 heteroatoms. The Kier molecular flexibility index (Phi) is 6.61. The third-order valence-electron chi connectivity index (χ3n) is 3.60. The Bertz CT molecular complexity index is 873. The quantitative estimate of drug-likeness (QED) is 0.747. The summed E-state index contributed by atoms with van der Waals surface area (Å²) in [5.41, 5.74) is 6.04. The van der Waals surface area contributed by atoms with Crippen LogP contribution in [0.15, 0.2) is 48.5 Å². The van der Waals surface area contributed by atoms with Crippen molar-refractivity contribution < 1.29 is 23.5 Å². The highest BCUT2D eigenvalue weighted by molar-refractivity contribution is 5.97. The van der Waals surface area contributed by atoms with Gasteiger partial charge in [0.25, 0.3) is 5.91 Å². The Morgan fingerprint density at radius 3 is 2.26 bits per heavy atom. The number of esters is 1. The molecule has 7 nitrogen and oxygen atoms in total. The van der Waals surface area contributed by atoms with Crippen molar-refractivity contribution in [1.29, 1.82) is 5.26 Å². The highest BCUT2D eigenvalue weighted by Gasteiger charge is 2.19. The summed E-state index contributed by atoms with van der Waals surface area (Å²) in [7, 11) is 0. The Morgan fingerprint density at radius 2 is 1.70 bits per heavy atom. The fraction of sp³-hybridized carbons (Fsp3) is 0.158. The third kappa shape index (κ3) is 5.64. The van der Waals surface area contributed by atoms with Gasteiger partial charge >= 0.3 is 5.97 Å². The molecule has 0 unspecified atom stereocenters. The van der Waals surface area contributed by atoms with E-state index in [0.717, 1.165) is 0 Å². The molecule has 2 aromatic carbocycles. The summed E-state index contributed by atoms with van der Waals surface area (Å²) in [5, 5.41) is 8.75. The van der Waals surface area contributed by atoms with Gasteiger partial charge in [0.2, 0.25) is 5.91 Å². The molecule has 0 spiro atoms. The number of halogens is 1. The van der Waals surface area contributed by atoms with Gasteiger partial charge in [-0.05, 0) is 48.5 Å². The highest BCUT2D eigenvalue weighted by Crippen LogP contribution is 2.16. The van der Waals surface area contributed by atoms with Crippen molar-refractivity contribution >= 4 is 23.5 Å². The summed E-state index contributed by atoms with van der Waals surface area (Å²) in [6, 6.07) is 12.7. The van der Waals surface area contributed by atoms with Gasteiger partial charge in [-0.3, -0.25) is 9.59 Å². The smallest absolute Gasteiger partial charge is 0.338 e. The fourth-order valence-electron chi connectivity index (χ4n) is 2.21. The number of carbonyl (C=O) groups is 3. The molecule has 0 aliphatic heterocycles. The Morgan fingerprint density at radius 1 is 1.07 bits per heavy atom. The van der Waals surface area contributed by atoms with Crippen molar-refractivity contribution in [2.24, 2.45) is 5.73 Å². The number of hydrogen-bond acceptors (Lipinski definition) is 5. The largest absolute Gasteiger partial charge is 0.452 e. The summed E-state index contributed by atoms with van der Waals surface area (Å²) in [6.07, 6.45) is -0.104. The minimum absolute atomic E-state index is 0.0335. The molecule has 0 saturated carbocycles. The topological polar surface area (TPSA) is 113 Å². The number of rotatable bonds is 7. The van der Waals surface area contributed by atoms with Gasteiger partial charge in [-0.25, -0.2) is 9.18 Å². The van der Waals surface area contributed by atoms with Crippen molar-refractivity contribution in [3.63, 3.8) is 0 Å². The van der Waals surface area contributed by atoms with Crippen LogP contribution >= 0.6 is 0 Å². The first-order valence-electron chi connectivity index (χ1n) is 7.92. The van der Waals surface area contributed by atoms with E-state index in [1.807, 2.05) is 6.07 Å². The molecular weight excluding hydrogens is 353 g/mol. The standard InChI is InChI=1S/C19H16FN3O4/c20-15-5-7-16(8-6-15)23(10-9-17(22)24)18(25)12-27-19(26)14-3-1-13(11-21)2-4-14/h1-8H,9-10,12H2,(H2,22,24). The van der Waals surface area contributed by atoms with E-state index < -0.39 is 30.2 Å². The number of nitrogens with zero attached hydrogens (tertiary/aromatic N) is 2. The monoisotopic (exact) mass is 369 g/mol. The molecule has 0 bridgehead atoms. The predicted molar refractivity (Wildman–Crippen MR) is 94.0 cm³/mol. The van der Waals surface area contributed by atoms with Crippen molar-refractivity contribution in [3.8, 4) is 6.07 Å². The van der Waals surface area contributed by atoms with Crippen molar-refractivity contribution in [2.45, 2.75) is 6.42 Å². The highest BCUT2D eigenvalue weighted by atomic mass is 19.1. The molecule has 0 aromatic heterocycles. The first kappa shape index (κ1) is 19.6. The number of ether oxygens (including phenoxy) is 1. The van der Waals surface area contributed by atoms with E-state index in [4.69, 9.17) is 15.7 Å². The molecule has 0 fully saturated rings. The summed E-state index contributed by atoms with van der Waals surface area (Å²) < 4.78 is 18.1. The third-order valence-corrected chi connectivity index (χ3v) is 3.60. The van der Waals surface area contributed by atoms with Crippen LogP contribution in [0.4, 0.5) is 10.1 Å². The summed E-state index contributed by atoms with van der Waals surface area (Å²) in [6.45, 7) is -0.608. The van der Waals surface area contributed by atoms with Crippen molar-refractivity contribution in [3.05, 3.63) is 65.5 Å². The SMILES string of the molecule is N#Cc1ccc(C(=O)OCC(=O)N(CCC(N)=O)c2ccc(F)cc2)cc1. The lowest BCUT2D eigenvalue weighted by molar-refractivity contribution is -0.121. The molecule has 0 heterocycles. The summed E-state index contributed by atoms with van der Waals surface area (Å²) in [5.74, 6) is -2.41. The molecule has 0 aliphatic carbocycles. The van der Waals surface area contributed by atoms with Crippen molar-refractivity contribution in [2.75, 3.05) is 18.1 Å².